The second-order valence-corrected chi connectivity index (χ2v) is 6.63. The van der Waals surface area contributed by atoms with E-state index in [-0.39, 0.29) is 37.6 Å². The molecule has 8 nitrogen and oxygen atoms in total. The van der Waals surface area contributed by atoms with Crippen LogP contribution in [0.3, 0.4) is 0 Å². The average molecular weight is 419 g/mol. The number of cyclic esters (lactones) is 2. The first-order valence-corrected chi connectivity index (χ1v) is 8.60. The summed E-state index contributed by atoms with van der Waals surface area (Å²) >= 11 is 3.65. The van der Waals surface area contributed by atoms with E-state index in [9.17, 15) is 27.6 Å². The first kappa shape index (κ1) is 20.1. The monoisotopic (exact) mass is 419 g/mol. The summed E-state index contributed by atoms with van der Waals surface area (Å²) in [6.07, 6.45) is -7.16. The Hall–Kier alpha value is -2.63. The zero-order valence-electron chi connectivity index (χ0n) is 14.6. The number of amides is 3. The molecule has 0 bridgehead atoms. The van der Waals surface area contributed by atoms with Gasteiger partial charge in [-0.1, -0.05) is 12.6 Å². The van der Waals surface area contributed by atoms with Gasteiger partial charge in [0.15, 0.2) is 0 Å². The van der Waals surface area contributed by atoms with Crippen LogP contribution < -0.4 is 9.80 Å². The van der Waals surface area contributed by atoms with Gasteiger partial charge in [-0.25, -0.2) is 9.59 Å². The van der Waals surface area contributed by atoms with E-state index in [1.807, 2.05) is 0 Å². The number of hydrogen-bond acceptors (Lipinski definition) is 5. The lowest BCUT2D eigenvalue weighted by atomic mass is 10.1. The molecule has 2 aliphatic heterocycles. The summed E-state index contributed by atoms with van der Waals surface area (Å²) < 4.78 is 50.5. The Bertz CT molecular complexity index is 819. The van der Waals surface area contributed by atoms with Gasteiger partial charge in [0.25, 0.3) is 5.24 Å². The number of carbonyl (C=O) groups is 3. The van der Waals surface area contributed by atoms with Crippen molar-refractivity contribution in [3.8, 4) is 0 Å². The van der Waals surface area contributed by atoms with Gasteiger partial charge in [0.2, 0.25) is 0 Å². The number of alkyl halides is 3. The van der Waals surface area contributed by atoms with Crippen molar-refractivity contribution in [3.63, 3.8) is 0 Å². The van der Waals surface area contributed by atoms with Crippen LogP contribution in [0, 0.1) is 0 Å². The summed E-state index contributed by atoms with van der Waals surface area (Å²) in [6.45, 7) is 0.00953. The molecule has 2 aliphatic rings. The third-order valence-corrected chi connectivity index (χ3v) is 4.67. The number of carbonyl (C=O) groups excluding carboxylic acids is 3. The molecular formula is C16H16F3N3O5S. The zero-order chi connectivity index (χ0) is 20.6. The number of anilines is 2. The van der Waals surface area contributed by atoms with Crippen LogP contribution in [0.25, 0.3) is 0 Å². The lowest BCUT2D eigenvalue weighted by Crippen LogP contribution is -2.34. The van der Waals surface area contributed by atoms with Crippen LogP contribution in [0.2, 0.25) is 0 Å². The van der Waals surface area contributed by atoms with Gasteiger partial charge >= 0.3 is 18.4 Å². The molecule has 2 saturated heterocycles. The smallest absolute Gasteiger partial charge is 0.418 e. The summed E-state index contributed by atoms with van der Waals surface area (Å²) in [7, 11) is 1.46. The fraction of sp³-hybridized carbons (Fsp3) is 0.438. The lowest BCUT2D eigenvalue weighted by Gasteiger charge is -2.22. The van der Waals surface area contributed by atoms with E-state index < -0.39 is 35.3 Å². The van der Waals surface area contributed by atoms with Crippen molar-refractivity contribution in [2.24, 2.45) is 0 Å². The van der Waals surface area contributed by atoms with Crippen molar-refractivity contribution in [1.82, 2.24) is 4.90 Å². The van der Waals surface area contributed by atoms with E-state index in [1.165, 1.54) is 18.0 Å². The Labute approximate surface area is 163 Å². The molecule has 152 valence electrons. The molecule has 1 atom stereocenters. The van der Waals surface area contributed by atoms with Crippen LogP contribution in [0.4, 0.5) is 38.9 Å². The minimum atomic E-state index is -4.75. The molecule has 3 rings (SSSR count). The van der Waals surface area contributed by atoms with E-state index in [1.54, 1.807) is 0 Å². The summed E-state index contributed by atoms with van der Waals surface area (Å²) in [5.41, 5.74) is -1.44. The van der Waals surface area contributed by atoms with Gasteiger partial charge in [0, 0.05) is 12.7 Å². The number of benzene rings is 1. The highest BCUT2D eigenvalue weighted by molar-refractivity contribution is 7.96. The maximum absolute atomic E-state index is 13.6. The number of thiol groups is 1. The van der Waals surface area contributed by atoms with Crippen LogP contribution in [0.1, 0.15) is 5.56 Å². The zero-order valence-corrected chi connectivity index (χ0v) is 15.5. The van der Waals surface area contributed by atoms with Gasteiger partial charge in [0.1, 0.15) is 12.7 Å². The Morgan fingerprint density at radius 3 is 2.57 bits per heavy atom. The maximum Gasteiger partial charge on any atom is 0.418 e. The summed E-state index contributed by atoms with van der Waals surface area (Å²) in [6, 6.07) is 3.21. The molecule has 2 fully saturated rings. The van der Waals surface area contributed by atoms with E-state index in [2.05, 4.69) is 12.6 Å². The molecule has 0 aliphatic carbocycles. The third-order valence-electron chi connectivity index (χ3n) is 4.33. The van der Waals surface area contributed by atoms with E-state index in [0.717, 1.165) is 21.9 Å². The molecule has 28 heavy (non-hydrogen) atoms. The number of hydrogen-bond donors (Lipinski definition) is 1. The average Bonchev–Trinajstić information content (AvgIpc) is 3.19. The Balaban J connectivity index is 1.87. The molecule has 0 unspecified atom stereocenters. The summed E-state index contributed by atoms with van der Waals surface area (Å²) in [4.78, 5) is 38.1. The molecule has 1 aromatic rings. The van der Waals surface area contributed by atoms with Crippen molar-refractivity contribution in [2.45, 2.75) is 12.3 Å². The highest BCUT2D eigenvalue weighted by atomic mass is 32.1. The number of rotatable bonds is 4. The van der Waals surface area contributed by atoms with Crippen molar-refractivity contribution < 1.29 is 37.0 Å². The molecule has 1 aromatic carbocycles. The van der Waals surface area contributed by atoms with Crippen molar-refractivity contribution in [2.75, 3.05) is 43.1 Å². The molecular weight excluding hydrogens is 403 g/mol. The number of nitrogens with zero attached hydrogens (tertiary/aromatic N) is 3. The number of halogens is 3. The van der Waals surface area contributed by atoms with Gasteiger partial charge in [-0.15, -0.1) is 0 Å². The van der Waals surface area contributed by atoms with Gasteiger partial charge in [-0.05, 0) is 18.2 Å². The minimum absolute atomic E-state index is 0.000812. The molecule has 0 saturated carbocycles. The topological polar surface area (TPSA) is 79.4 Å². The van der Waals surface area contributed by atoms with Crippen LogP contribution >= 0.6 is 12.6 Å². The predicted molar refractivity (Wildman–Crippen MR) is 94.8 cm³/mol. The second kappa shape index (κ2) is 7.41. The van der Waals surface area contributed by atoms with Crippen LogP contribution in [-0.4, -0.2) is 61.7 Å². The molecule has 0 aromatic heterocycles. The third kappa shape index (κ3) is 3.96. The summed E-state index contributed by atoms with van der Waals surface area (Å²) in [5, 5.41) is -0.532. The predicted octanol–water partition coefficient (Wildman–Crippen LogP) is 2.97. The van der Waals surface area contributed by atoms with Crippen molar-refractivity contribution in [3.05, 3.63) is 23.8 Å². The second-order valence-electron chi connectivity index (χ2n) is 6.24. The van der Waals surface area contributed by atoms with Gasteiger partial charge < -0.3 is 14.4 Å². The van der Waals surface area contributed by atoms with E-state index >= 15 is 0 Å². The number of ether oxygens (including phenoxy) is 2. The minimum Gasteiger partial charge on any atom is -0.447 e. The number of likely N-dealkylation sites (N-methyl/N-ethyl adjacent to an activating group) is 1. The summed E-state index contributed by atoms with van der Waals surface area (Å²) in [5.74, 6) is 0. The van der Waals surface area contributed by atoms with Crippen LogP contribution in [0.5, 0.6) is 0 Å². The van der Waals surface area contributed by atoms with Crippen LogP contribution in [0.15, 0.2) is 18.2 Å². The normalized spacial score (nSPS) is 19.7. The fourth-order valence-corrected chi connectivity index (χ4v) is 3.06. The highest BCUT2D eigenvalue weighted by Crippen LogP contribution is 2.40. The highest BCUT2D eigenvalue weighted by Gasteiger charge is 2.40. The first-order chi connectivity index (χ1) is 13.1. The van der Waals surface area contributed by atoms with Gasteiger partial charge in [-0.3, -0.25) is 14.6 Å². The van der Waals surface area contributed by atoms with Gasteiger partial charge in [-0.2, -0.15) is 13.2 Å². The maximum atomic E-state index is 13.6. The van der Waals surface area contributed by atoms with Crippen molar-refractivity contribution in [1.29, 1.82) is 0 Å². The Kier molecular flexibility index (Phi) is 5.33. The molecule has 3 amide bonds. The van der Waals surface area contributed by atoms with Gasteiger partial charge in [0.05, 0.1) is 30.9 Å². The van der Waals surface area contributed by atoms with Crippen molar-refractivity contribution >= 4 is 41.4 Å². The lowest BCUT2D eigenvalue weighted by molar-refractivity contribution is -0.137. The standard InChI is InChI=1S/C16H16F3N3O5S/c1-20(15(25)28)7-10-8-22(14(24)27-10)9-2-3-12(11(6-9)16(17,18)19)21-4-5-26-13(21)23/h2-3,6,10H,4-5,7-8H2,1H3,(H,25,28)/t10-/m1/s1. The van der Waals surface area contributed by atoms with E-state index in [4.69, 9.17) is 9.47 Å². The molecule has 0 radical (unpaired) electrons. The Morgan fingerprint density at radius 2 is 2.00 bits per heavy atom. The molecule has 12 heteroatoms. The molecule has 0 N–H and O–H groups in total. The SMILES string of the molecule is CN(C[C@@H]1CN(c2ccc(N3CCOC3=O)c(C(F)(F)F)c2)C(=O)O1)C(=O)S. The van der Waals surface area contributed by atoms with Crippen LogP contribution in [-0.2, 0) is 15.7 Å². The molecule has 2 heterocycles. The fourth-order valence-electron chi connectivity index (χ4n) is 2.98. The quantitative estimate of drug-likeness (QED) is 0.760. The van der Waals surface area contributed by atoms with E-state index in [0.29, 0.717) is 0 Å². The first-order valence-electron chi connectivity index (χ1n) is 8.15. The largest absolute Gasteiger partial charge is 0.447 e. The Morgan fingerprint density at radius 1 is 1.29 bits per heavy atom. The molecule has 0 spiro atoms.